The second kappa shape index (κ2) is 8.60. The molecule has 5 aromatic rings. The summed E-state index contributed by atoms with van der Waals surface area (Å²) in [5, 5.41) is 0. The average molecular weight is 421 g/mol. The number of hydrogen-bond acceptors (Lipinski definition) is 3. The smallest absolute Gasteiger partial charge is 0.146 e. The maximum atomic E-state index is 6.31. The molecule has 0 unspecified atom stereocenters. The van der Waals surface area contributed by atoms with Gasteiger partial charge in [0.2, 0.25) is 0 Å². The van der Waals surface area contributed by atoms with Gasteiger partial charge in [-0.2, -0.15) is 0 Å². The van der Waals surface area contributed by atoms with Crippen LogP contribution in [0.15, 0.2) is 97.2 Å². The van der Waals surface area contributed by atoms with Crippen LogP contribution in [0.1, 0.15) is 11.1 Å². The van der Waals surface area contributed by atoms with Crippen molar-refractivity contribution in [3.8, 4) is 34.1 Å². The van der Waals surface area contributed by atoms with Gasteiger partial charge in [0.25, 0.3) is 0 Å². The van der Waals surface area contributed by atoms with Crippen LogP contribution in [0.5, 0.6) is 11.5 Å². The molecular weight excluding hydrogens is 396 g/mol. The first-order chi connectivity index (χ1) is 15.7. The second-order valence-corrected chi connectivity index (χ2v) is 7.74. The number of methoxy groups -OCH3 is 1. The van der Waals surface area contributed by atoms with Gasteiger partial charge in [-0.05, 0) is 48.9 Å². The van der Waals surface area contributed by atoms with Crippen molar-refractivity contribution in [1.29, 1.82) is 0 Å². The number of benzene rings is 3. The van der Waals surface area contributed by atoms with Crippen molar-refractivity contribution in [1.82, 2.24) is 9.38 Å². The molecule has 0 aliphatic heterocycles. The molecule has 3 aromatic carbocycles. The van der Waals surface area contributed by atoms with Gasteiger partial charge >= 0.3 is 0 Å². The van der Waals surface area contributed by atoms with Crippen LogP contribution in [-0.4, -0.2) is 16.5 Å². The lowest BCUT2D eigenvalue weighted by atomic mass is 10.1. The zero-order valence-corrected chi connectivity index (χ0v) is 18.2. The number of rotatable bonds is 6. The van der Waals surface area contributed by atoms with E-state index in [0.717, 1.165) is 45.2 Å². The van der Waals surface area contributed by atoms with Crippen molar-refractivity contribution >= 4 is 5.52 Å². The zero-order valence-electron chi connectivity index (χ0n) is 18.2. The maximum absolute atomic E-state index is 6.31. The third-order valence-electron chi connectivity index (χ3n) is 5.54. The summed E-state index contributed by atoms with van der Waals surface area (Å²) in [6, 6.07) is 30.6. The zero-order chi connectivity index (χ0) is 21.9. The highest BCUT2D eigenvalue weighted by Gasteiger charge is 2.18. The van der Waals surface area contributed by atoms with Crippen molar-refractivity contribution in [2.45, 2.75) is 13.5 Å². The Hall–Kier alpha value is -4.05. The van der Waals surface area contributed by atoms with Gasteiger partial charge in [0.1, 0.15) is 35.1 Å². The van der Waals surface area contributed by atoms with Crippen LogP contribution < -0.4 is 9.47 Å². The van der Waals surface area contributed by atoms with E-state index >= 15 is 0 Å². The molecular formula is C28H24N2O2. The highest BCUT2D eigenvalue weighted by molar-refractivity contribution is 5.85. The number of fused-ring (bicyclic) bond motifs is 1. The van der Waals surface area contributed by atoms with Gasteiger partial charge in [0.05, 0.1) is 7.11 Å². The van der Waals surface area contributed by atoms with Gasteiger partial charge < -0.3 is 9.47 Å². The number of pyridine rings is 1. The summed E-state index contributed by atoms with van der Waals surface area (Å²) in [6.07, 6.45) is 2.03. The lowest BCUT2D eigenvalue weighted by molar-refractivity contribution is 0.309. The monoisotopic (exact) mass is 420 g/mol. The molecule has 0 N–H and O–H groups in total. The SMILES string of the molecule is COc1ccc(-c2nc(-c3ccccc3)c3c(OCc4ccc(C)cc4)cccn23)cc1. The quantitative estimate of drug-likeness (QED) is 0.312. The fourth-order valence-corrected chi connectivity index (χ4v) is 3.81. The average Bonchev–Trinajstić information content (AvgIpc) is 3.25. The summed E-state index contributed by atoms with van der Waals surface area (Å²) < 4.78 is 13.7. The molecule has 0 atom stereocenters. The number of nitrogens with zero attached hydrogens (tertiary/aromatic N) is 2. The molecule has 5 rings (SSSR count). The van der Waals surface area contributed by atoms with Gasteiger partial charge in [-0.25, -0.2) is 4.98 Å². The van der Waals surface area contributed by atoms with Gasteiger partial charge in [-0.3, -0.25) is 4.40 Å². The Labute approximate surface area is 187 Å². The highest BCUT2D eigenvalue weighted by atomic mass is 16.5. The number of aromatic nitrogens is 2. The Morgan fingerprint density at radius 2 is 1.53 bits per heavy atom. The Balaban J connectivity index is 1.62. The molecule has 4 heteroatoms. The van der Waals surface area contributed by atoms with E-state index in [-0.39, 0.29) is 0 Å². The van der Waals surface area contributed by atoms with Gasteiger partial charge in [-0.15, -0.1) is 0 Å². The molecule has 0 fully saturated rings. The molecule has 0 aliphatic carbocycles. The summed E-state index contributed by atoms with van der Waals surface area (Å²) >= 11 is 0. The van der Waals surface area contributed by atoms with Crippen LogP contribution in [0.2, 0.25) is 0 Å². The molecule has 0 amide bonds. The lowest BCUT2D eigenvalue weighted by Gasteiger charge is -2.10. The lowest BCUT2D eigenvalue weighted by Crippen LogP contribution is -1.98. The first kappa shape index (κ1) is 19.9. The van der Waals surface area contributed by atoms with Crippen molar-refractivity contribution in [3.05, 3.63) is 108 Å². The van der Waals surface area contributed by atoms with Gasteiger partial charge in [0.15, 0.2) is 0 Å². The summed E-state index contributed by atoms with van der Waals surface area (Å²) in [5.41, 5.74) is 6.29. The summed E-state index contributed by atoms with van der Waals surface area (Å²) in [7, 11) is 1.67. The number of imidazole rings is 1. The minimum atomic E-state index is 0.497. The van der Waals surface area contributed by atoms with E-state index in [0.29, 0.717) is 6.61 Å². The molecule has 2 aromatic heterocycles. The summed E-state index contributed by atoms with van der Waals surface area (Å²) in [6.45, 7) is 2.59. The topological polar surface area (TPSA) is 35.8 Å². The Kier molecular flexibility index (Phi) is 5.34. The van der Waals surface area contributed by atoms with Crippen LogP contribution in [0.4, 0.5) is 0 Å². The number of hydrogen-bond donors (Lipinski definition) is 0. The second-order valence-electron chi connectivity index (χ2n) is 7.74. The molecule has 0 spiro atoms. The minimum Gasteiger partial charge on any atom is -0.497 e. The third-order valence-corrected chi connectivity index (χ3v) is 5.54. The van der Waals surface area contributed by atoms with Crippen molar-refractivity contribution in [3.63, 3.8) is 0 Å². The Bertz CT molecular complexity index is 1340. The van der Waals surface area contributed by atoms with Crippen LogP contribution in [-0.2, 0) is 6.61 Å². The molecule has 0 saturated heterocycles. The van der Waals surface area contributed by atoms with Crippen LogP contribution in [0.3, 0.4) is 0 Å². The predicted octanol–water partition coefficient (Wildman–Crippen LogP) is 6.56. The third kappa shape index (κ3) is 3.83. The van der Waals surface area contributed by atoms with E-state index < -0.39 is 0 Å². The molecule has 32 heavy (non-hydrogen) atoms. The van der Waals surface area contributed by atoms with E-state index in [9.17, 15) is 0 Å². The van der Waals surface area contributed by atoms with Crippen LogP contribution in [0, 0.1) is 6.92 Å². The highest BCUT2D eigenvalue weighted by Crippen LogP contribution is 2.35. The largest absolute Gasteiger partial charge is 0.497 e. The maximum Gasteiger partial charge on any atom is 0.146 e. The summed E-state index contributed by atoms with van der Waals surface area (Å²) in [4.78, 5) is 5.05. The van der Waals surface area contributed by atoms with E-state index in [4.69, 9.17) is 14.5 Å². The molecule has 0 saturated carbocycles. The van der Waals surface area contributed by atoms with Crippen molar-refractivity contribution < 1.29 is 9.47 Å². The van der Waals surface area contributed by atoms with E-state index in [1.807, 2.05) is 60.8 Å². The summed E-state index contributed by atoms with van der Waals surface area (Å²) in [5.74, 6) is 2.49. The molecule has 0 aliphatic rings. The van der Waals surface area contributed by atoms with Crippen LogP contribution >= 0.6 is 0 Å². The van der Waals surface area contributed by atoms with Crippen LogP contribution in [0.25, 0.3) is 28.2 Å². The number of aryl methyl sites for hydroxylation is 1. The first-order valence-corrected chi connectivity index (χ1v) is 10.6. The Morgan fingerprint density at radius 1 is 0.781 bits per heavy atom. The van der Waals surface area contributed by atoms with E-state index in [1.165, 1.54) is 5.56 Å². The fraction of sp³-hybridized carbons (Fsp3) is 0.107. The number of ether oxygens (including phenoxy) is 2. The molecule has 2 heterocycles. The Morgan fingerprint density at radius 3 is 2.25 bits per heavy atom. The van der Waals surface area contributed by atoms with Crippen molar-refractivity contribution in [2.24, 2.45) is 0 Å². The van der Waals surface area contributed by atoms with E-state index in [1.54, 1.807) is 7.11 Å². The minimum absolute atomic E-state index is 0.497. The van der Waals surface area contributed by atoms with E-state index in [2.05, 4.69) is 47.7 Å². The molecule has 158 valence electrons. The van der Waals surface area contributed by atoms with Crippen molar-refractivity contribution in [2.75, 3.05) is 7.11 Å². The standard InChI is InChI=1S/C28H24N2O2/c1-20-10-12-21(13-11-20)19-32-25-9-6-18-30-27(25)26(22-7-4-3-5-8-22)29-28(30)23-14-16-24(31-2)17-15-23/h3-18H,19H2,1-2H3. The molecule has 4 nitrogen and oxygen atoms in total. The van der Waals surface area contributed by atoms with Gasteiger partial charge in [0, 0.05) is 17.3 Å². The molecule has 0 radical (unpaired) electrons. The first-order valence-electron chi connectivity index (χ1n) is 10.6. The van der Waals surface area contributed by atoms with Gasteiger partial charge in [-0.1, -0.05) is 60.2 Å². The molecule has 0 bridgehead atoms. The fourth-order valence-electron chi connectivity index (χ4n) is 3.81. The predicted molar refractivity (Wildman–Crippen MR) is 128 cm³/mol. The normalized spacial score (nSPS) is 10.9.